The van der Waals surface area contributed by atoms with Crippen LogP contribution in [0.4, 0.5) is 4.39 Å². The van der Waals surface area contributed by atoms with E-state index in [0.717, 1.165) is 29.0 Å². The number of imidazole rings is 1. The highest BCUT2D eigenvalue weighted by molar-refractivity contribution is 14.1. The van der Waals surface area contributed by atoms with E-state index in [4.69, 9.17) is 11.6 Å². The Morgan fingerprint density at radius 3 is 2.85 bits per heavy atom. The van der Waals surface area contributed by atoms with Crippen LogP contribution in [-0.4, -0.2) is 27.4 Å². The van der Waals surface area contributed by atoms with Gasteiger partial charge < -0.3 is 4.57 Å². The minimum absolute atomic E-state index is 0.185. The number of alkyl halides is 1. The van der Waals surface area contributed by atoms with Gasteiger partial charge in [0, 0.05) is 30.2 Å². The van der Waals surface area contributed by atoms with Crippen LogP contribution in [0.5, 0.6) is 0 Å². The van der Waals surface area contributed by atoms with Crippen molar-refractivity contribution in [3.05, 3.63) is 27.3 Å². The predicted molar refractivity (Wildman–Crippen MR) is 94.5 cm³/mol. The number of fused-ring (bicyclic) bond motifs is 1. The first-order valence-electron chi connectivity index (χ1n) is 6.53. The number of hydrogen-bond acceptors (Lipinski definition) is 2. The molecule has 1 atom stereocenters. The van der Waals surface area contributed by atoms with E-state index in [-0.39, 0.29) is 5.82 Å². The highest BCUT2D eigenvalue weighted by Crippen LogP contribution is 2.28. The summed E-state index contributed by atoms with van der Waals surface area (Å²) in [4.78, 5) is 4.65. The lowest BCUT2D eigenvalue weighted by Gasteiger charge is -2.19. The predicted octanol–water partition coefficient (Wildman–Crippen LogP) is 4.88. The van der Waals surface area contributed by atoms with Crippen molar-refractivity contribution in [3.63, 3.8) is 0 Å². The number of aromatic nitrogens is 2. The van der Waals surface area contributed by atoms with Gasteiger partial charge in [-0.2, -0.15) is 11.8 Å². The van der Waals surface area contributed by atoms with Crippen molar-refractivity contribution in [1.29, 1.82) is 0 Å². The molecular formula is C14H17ClFIN2S. The third-order valence-electron chi connectivity index (χ3n) is 3.32. The zero-order chi connectivity index (χ0) is 14.7. The molecule has 2 rings (SSSR count). The van der Waals surface area contributed by atoms with Crippen LogP contribution in [0.25, 0.3) is 11.0 Å². The standard InChI is InChI=1S/C14H17ClFIN2S/c1-3-9(8-20-2)19-13-6-10(16)11(17)7-12(13)18-14(19)4-5-15/h6-7,9H,3-5,8H2,1-2H3. The Labute approximate surface area is 141 Å². The van der Waals surface area contributed by atoms with Crippen molar-refractivity contribution >= 4 is 57.0 Å². The summed E-state index contributed by atoms with van der Waals surface area (Å²) in [5.41, 5.74) is 1.74. The number of rotatable bonds is 6. The molecule has 110 valence electrons. The summed E-state index contributed by atoms with van der Waals surface area (Å²) >= 11 is 9.69. The van der Waals surface area contributed by atoms with E-state index in [1.807, 2.05) is 28.7 Å². The summed E-state index contributed by atoms with van der Waals surface area (Å²) in [5, 5.41) is 0. The van der Waals surface area contributed by atoms with Crippen molar-refractivity contribution in [1.82, 2.24) is 9.55 Å². The molecule has 0 amide bonds. The molecule has 1 aromatic carbocycles. The zero-order valence-electron chi connectivity index (χ0n) is 11.5. The fourth-order valence-corrected chi connectivity index (χ4v) is 3.77. The molecule has 1 unspecified atom stereocenters. The van der Waals surface area contributed by atoms with Crippen LogP contribution >= 0.6 is 46.0 Å². The Hall–Kier alpha value is -0.0100. The lowest BCUT2D eigenvalue weighted by atomic mass is 10.2. The van der Waals surface area contributed by atoms with Crippen LogP contribution < -0.4 is 0 Å². The number of hydrogen-bond donors (Lipinski definition) is 0. The minimum atomic E-state index is -0.185. The Kier molecular flexibility index (Phi) is 5.98. The second kappa shape index (κ2) is 7.31. The highest BCUT2D eigenvalue weighted by atomic mass is 127. The Morgan fingerprint density at radius 2 is 2.25 bits per heavy atom. The maximum atomic E-state index is 13.9. The van der Waals surface area contributed by atoms with Crippen molar-refractivity contribution in [3.8, 4) is 0 Å². The minimum Gasteiger partial charge on any atom is -0.324 e. The van der Waals surface area contributed by atoms with Crippen LogP contribution in [0.2, 0.25) is 0 Å². The summed E-state index contributed by atoms with van der Waals surface area (Å²) < 4.78 is 16.7. The first kappa shape index (κ1) is 16.4. The molecule has 1 aromatic heterocycles. The SMILES string of the molecule is CCC(CSC)n1c(CCCl)nc2cc(I)c(F)cc21. The van der Waals surface area contributed by atoms with Crippen LogP contribution in [0, 0.1) is 9.39 Å². The van der Waals surface area contributed by atoms with Crippen molar-refractivity contribution in [2.24, 2.45) is 0 Å². The molecule has 0 saturated carbocycles. The van der Waals surface area contributed by atoms with Gasteiger partial charge >= 0.3 is 0 Å². The zero-order valence-corrected chi connectivity index (χ0v) is 15.2. The summed E-state index contributed by atoms with van der Waals surface area (Å²) in [6.07, 6.45) is 3.79. The van der Waals surface area contributed by atoms with Gasteiger partial charge in [-0.25, -0.2) is 9.37 Å². The van der Waals surface area contributed by atoms with Crippen molar-refractivity contribution in [2.75, 3.05) is 17.9 Å². The second-order valence-electron chi connectivity index (χ2n) is 4.61. The fraction of sp³-hybridized carbons (Fsp3) is 0.500. The van der Waals surface area contributed by atoms with Gasteiger partial charge in [-0.1, -0.05) is 6.92 Å². The van der Waals surface area contributed by atoms with Gasteiger partial charge in [0.1, 0.15) is 11.6 Å². The van der Waals surface area contributed by atoms with Gasteiger partial charge in [-0.3, -0.25) is 0 Å². The Balaban J connectivity index is 2.63. The third kappa shape index (κ3) is 3.25. The lowest BCUT2D eigenvalue weighted by Crippen LogP contribution is -2.14. The molecule has 0 fully saturated rings. The van der Waals surface area contributed by atoms with Gasteiger partial charge in [0.05, 0.1) is 14.6 Å². The molecule has 2 aromatic rings. The molecular weight excluding hydrogens is 410 g/mol. The average Bonchev–Trinajstić information content (AvgIpc) is 2.74. The van der Waals surface area contributed by atoms with Crippen molar-refractivity contribution in [2.45, 2.75) is 25.8 Å². The van der Waals surface area contributed by atoms with Gasteiger partial charge in [0.2, 0.25) is 0 Å². The maximum Gasteiger partial charge on any atom is 0.138 e. The molecule has 0 saturated heterocycles. The third-order valence-corrected chi connectivity index (χ3v) is 5.05. The van der Waals surface area contributed by atoms with E-state index < -0.39 is 0 Å². The molecule has 0 aliphatic rings. The molecule has 0 spiro atoms. The number of aryl methyl sites for hydroxylation is 1. The summed E-state index contributed by atoms with van der Waals surface area (Å²) in [5.74, 6) is 2.29. The monoisotopic (exact) mass is 426 g/mol. The molecule has 0 N–H and O–H groups in total. The van der Waals surface area contributed by atoms with Crippen molar-refractivity contribution < 1.29 is 4.39 Å². The van der Waals surface area contributed by atoms with Gasteiger partial charge in [-0.15, -0.1) is 11.6 Å². The van der Waals surface area contributed by atoms with E-state index in [1.165, 1.54) is 0 Å². The van der Waals surface area contributed by atoms with Gasteiger partial charge in [0.15, 0.2) is 0 Å². The van der Waals surface area contributed by atoms with Crippen LogP contribution in [0.3, 0.4) is 0 Å². The van der Waals surface area contributed by atoms with E-state index in [2.05, 4.69) is 22.7 Å². The van der Waals surface area contributed by atoms with Crippen LogP contribution in [0.15, 0.2) is 12.1 Å². The van der Waals surface area contributed by atoms with Gasteiger partial charge in [0.25, 0.3) is 0 Å². The lowest BCUT2D eigenvalue weighted by molar-refractivity contribution is 0.531. The first-order valence-corrected chi connectivity index (χ1v) is 9.53. The molecule has 20 heavy (non-hydrogen) atoms. The highest BCUT2D eigenvalue weighted by Gasteiger charge is 2.18. The molecule has 0 radical (unpaired) electrons. The first-order chi connectivity index (χ1) is 9.62. The van der Waals surface area contributed by atoms with Crippen LogP contribution in [-0.2, 0) is 6.42 Å². The molecule has 6 heteroatoms. The number of nitrogens with zero attached hydrogens (tertiary/aromatic N) is 2. The molecule has 2 nitrogen and oxygen atoms in total. The topological polar surface area (TPSA) is 17.8 Å². The fourth-order valence-electron chi connectivity index (χ4n) is 2.38. The molecule has 1 heterocycles. The van der Waals surface area contributed by atoms with E-state index in [9.17, 15) is 4.39 Å². The second-order valence-corrected chi connectivity index (χ2v) is 7.06. The Bertz CT molecular complexity index is 602. The average molecular weight is 427 g/mol. The maximum absolute atomic E-state index is 13.9. The smallest absolute Gasteiger partial charge is 0.138 e. The van der Waals surface area contributed by atoms with E-state index in [1.54, 1.807) is 17.8 Å². The summed E-state index contributed by atoms with van der Waals surface area (Å²) in [6.45, 7) is 2.15. The largest absolute Gasteiger partial charge is 0.324 e. The quantitative estimate of drug-likeness (QED) is 0.484. The number of thioether (sulfide) groups is 1. The molecule has 0 aliphatic heterocycles. The van der Waals surface area contributed by atoms with E-state index >= 15 is 0 Å². The molecule has 0 aliphatic carbocycles. The number of halogens is 3. The normalized spacial score (nSPS) is 13.1. The Morgan fingerprint density at radius 1 is 1.50 bits per heavy atom. The summed E-state index contributed by atoms with van der Waals surface area (Å²) in [7, 11) is 0. The number of benzene rings is 1. The molecule has 0 bridgehead atoms. The summed E-state index contributed by atoms with van der Waals surface area (Å²) in [6, 6.07) is 3.74. The van der Waals surface area contributed by atoms with Crippen LogP contribution in [0.1, 0.15) is 25.2 Å². The van der Waals surface area contributed by atoms with E-state index in [0.29, 0.717) is 21.9 Å². The van der Waals surface area contributed by atoms with Gasteiger partial charge in [-0.05, 0) is 41.3 Å².